The Hall–Kier alpha value is -3.36. The molecule has 0 aliphatic carbocycles. The summed E-state index contributed by atoms with van der Waals surface area (Å²) in [5.41, 5.74) is 2.88. The average molecular weight is 377 g/mol. The van der Waals surface area contributed by atoms with Crippen LogP contribution in [0.15, 0.2) is 66.9 Å². The van der Waals surface area contributed by atoms with E-state index in [4.69, 9.17) is 16.9 Å². The fraction of sp³-hybridized carbons (Fsp3) is 0.0952. The first kappa shape index (κ1) is 18.4. The van der Waals surface area contributed by atoms with Crippen molar-refractivity contribution in [3.63, 3.8) is 0 Å². The molecular formula is C21H17ClN4O. The summed E-state index contributed by atoms with van der Waals surface area (Å²) in [6.45, 7) is 0.514. The molecule has 2 N–H and O–H groups in total. The van der Waals surface area contributed by atoms with Gasteiger partial charge < -0.3 is 10.6 Å². The molecule has 0 saturated heterocycles. The van der Waals surface area contributed by atoms with Crippen LogP contribution in [-0.2, 0) is 6.42 Å². The van der Waals surface area contributed by atoms with Crippen LogP contribution < -0.4 is 10.6 Å². The van der Waals surface area contributed by atoms with E-state index in [-0.39, 0.29) is 5.91 Å². The van der Waals surface area contributed by atoms with Crippen LogP contribution in [-0.4, -0.2) is 17.4 Å². The molecule has 1 amide bonds. The van der Waals surface area contributed by atoms with Gasteiger partial charge in [-0.1, -0.05) is 29.8 Å². The molecule has 0 fully saturated rings. The molecule has 6 heteroatoms. The van der Waals surface area contributed by atoms with Crippen LogP contribution in [0.1, 0.15) is 21.5 Å². The van der Waals surface area contributed by atoms with Gasteiger partial charge in [0.15, 0.2) is 0 Å². The van der Waals surface area contributed by atoms with Crippen molar-refractivity contribution in [2.24, 2.45) is 0 Å². The molecule has 3 aromatic rings. The minimum absolute atomic E-state index is 0.178. The summed E-state index contributed by atoms with van der Waals surface area (Å²) >= 11 is 5.95. The molecule has 134 valence electrons. The summed E-state index contributed by atoms with van der Waals surface area (Å²) in [4.78, 5) is 16.5. The predicted molar refractivity (Wildman–Crippen MR) is 106 cm³/mol. The molecular weight excluding hydrogens is 360 g/mol. The standard InChI is InChI=1S/C21H17ClN4O/c22-18-5-1-3-15(11-18)9-10-24-21(27)17-7-8-20(25-14-17)26-19-6-2-4-16(12-19)13-23/h1-8,11-12,14H,9-10H2,(H,24,27)(H,25,26). The van der Waals surface area contributed by atoms with Gasteiger partial charge in [-0.2, -0.15) is 5.26 Å². The third-order valence-electron chi connectivity index (χ3n) is 3.88. The maximum absolute atomic E-state index is 12.2. The highest BCUT2D eigenvalue weighted by Crippen LogP contribution is 2.16. The van der Waals surface area contributed by atoms with Crippen LogP contribution >= 0.6 is 11.6 Å². The Balaban J connectivity index is 1.54. The molecule has 5 nitrogen and oxygen atoms in total. The Labute approximate surface area is 162 Å². The summed E-state index contributed by atoms with van der Waals surface area (Å²) in [5.74, 6) is 0.420. The van der Waals surface area contributed by atoms with Crippen LogP contribution in [0, 0.1) is 11.3 Å². The van der Waals surface area contributed by atoms with E-state index in [1.54, 1.807) is 30.3 Å². The quantitative estimate of drug-likeness (QED) is 0.671. The second-order valence-corrected chi connectivity index (χ2v) is 6.32. The summed E-state index contributed by atoms with van der Waals surface area (Å²) in [5, 5.41) is 15.6. The third kappa shape index (κ3) is 5.30. The molecule has 0 spiro atoms. The fourth-order valence-corrected chi connectivity index (χ4v) is 2.74. The van der Waals surface area contributed by atoms with Crippen molar-refractivity contribution < 1.29 is 4.79 Å². The van der Waals surface area contributed by atoms with E-state index in [1.807, 2.05) is 30.3 Å². The number of carbonyl (C=O) groups is 1. The Bertz CT molecular complexity index is 980. The summed E-state index contributed by atoms with van der Waals surface area (Å²) in [6.07, 6.45) is 2.22. The number of pyridine rings is 1. The molecule has 1 aromatic heterocycles. The average Bonchev–Trinajstić information content (AvgIpc) is 2.69. The van der Waals surface area contributed by atoms with Crippen LogP contribution in [0.3, 0.4) is 0 Å². The fourth-order valence-electron chi connectivity index (χ4n) is 2.53. The summed E-state index contributed by atoms with van der Waals surface area (Å²) in [7, 11) is 0. The lowest BCUT2D eigenvalue weighted by atomic mass is 10.1. The molecule has 0 radical (unpaired) electrons. The van der Waals surface area contributed by atoms with Crippen molar-refractivity contribution in [3.05, 3.63) is 88.6 Å². The Kier molecular flexibility index (Phi) is 6.03. The molecule has 3 rings (SSSR count). The van der Waals surface area contributed by atoms with Gasteiger partial charge >= 0.3 is 0 Å². The first-order valence-corrected chi connectivity index (χ1v) is 8.78. The van der Waals surface area contributed by atoms with Gasteiger partial charge in [0, 0.05) is 23.5 Å². The number of hydrogen-bond donors (Lipinski definition) is 2. The van der Waals surface area contributed by atoms with E-state index in [1.165, 1.54) is 6.20 Å². The highest BCUT2D eigenvalue weighted by atomic mass is 35.5. The minimum atomic E-state index is -0.178. The third-order valence-corrected chi connectivity index (χ3v) is 4.11. The Morgan fingerprint density at radius 1 is 1.11 bits per heavy atom. The van der Waals surface area contributed by atoms with E-state index in [0.29, 0.717) is 34.9 Å². The number of aromatic nitrogens is 1. The van der Waals surface area contributed by atoms with Crippen molar-refractivity contribution in [2.45, 2.75) is 6.42 Å². The SMILES string of the molecule is N#Cc1cccc(Nc2ccc(C(=O)NCCc3cccc(Cl)c3)cn2)c1. The smallest absolute Gasteiger partial charge is 0.252 e. The zero-order valence-electron chi connectivity index (χ0n) is 14.4. The van der Waals surface area contributed by atoms with E-state index < -0.39 is 0 Å². The lowest BCUT2D eigenvalue weighted by molar-refractivity contribution is 0.0954. The van der Waals surface area contributed by atoms with Crippen molar-refractivity contribution in [3.8, 4) is 6.07 Å². The van der Waals surface area contributed by atoms with Crippen LogP contribution in [0.5, 0.6) is 0 Å². The number of anilines is 2. The number of rotatable bonds is 6. The number of halogens is 1. The first-order valence-electron chi connectivity index (χ1n) is 8.40. The lowest BCUT2D eigenvalue weighted by Gasteiger charge is -2.08. The minimum Gasteiger partial charge on any atom is -0.352 e. The van der Waals surface area contributed by atoms with Gasteiger partial charge in [0.2, 0.25) is 0 Å². The number of hydrogen-bond acceptors (Lipinski definition) is 4. The zero-order chi connectivity index (χ0) is 19.1. The molecule has 2 aromatic carbocycles. The Morgan fingerprint density at radius 3 is 2.70 bits per heavy atom. The molecule has 0 aliphatic heterocycles. The number of benzene rings is 2. The molecule has 0 saturated carbocycles. The van der Waals surface area contributed by atoms with E-state index in [0.717, 1.165) is 11.3 Å². The lowest BCUT2D eigenvalue weighted by Crippen LogP contribution is -2.25. The molecule has 0 unspecified atom stereocenters. The van der Waals surface area contributed by atoms with Gasteiger partial charge in [-0.25, -0.2) is 4.98 Å². The number of nitriles is 1. The van der Waals surface area contributed by atoms with Crippen molar-refractivity contribution in [1.29, 1.82) is 5.26 Å². The molecule has 0 atom stereocenters. The number of nitrogens with zero attached hydrogens (tertiary/aromatic N) is 2. The van der Waals surface area contributed by atoms with Crippen LogP contribution in [0.25, 0.3) is 0 Å². The number of amides is 1. The second kappa shape index (κ2) is 8.84. The molecule has 1 heterocycles. The van der Waals surface area contributed by atoms with E-state index >= 15 is 0 Å². The van der Waals surface area contributed by atoms with Gasteiger partial charge in [0.25, 0.3) is 5.91 Å². The normalized spacial score (nSPS) is 10.1. The highest BCUT2D eigenvalue weighted by molar-refractivity contribution is 6.30. The van der Waals surface area contributed by atoms with Gasteiger partial charge in [-0.05, 0) is 54.4 Å². The van der Waals surface area contributed by atoms with E-state index in [9.17, 15) is 4.79 Å². The number of nitrogens with one attached hydrogen (secondary N) is 2. The first-order chi connectivity index (χ1) is 13.1. The number of carbonyl (C=O) groups excluding carboxylic acids is 1. The van der Waals surface area contributed by atoms with Crippen molar-refractivity contribution in [2.75, 3.05) is 11.9 Å². The topological polar surface area (TPSA) is 77.8 Å². The summed E-state index contributed by atoms with van der Waals surface area (Å²) < 4.78 is 0. The molecule has 27 heavy (non-hydrogen) atoms. The maximum atomic E-state index is 12.2. The van der Waals surface area contributed by atoms with Crippen LogP contribution in [0.4, 0.5) is 11.5 Å². The molecule has 0 aliphatic rings. The Morgan fingerprint density at radius 2 is 1.96 bits per heavy atom. The largest absolute Gasteiger partial charge is 0.352 e. The van der Waals surface area contributed by atoms with Gasteiger partial charge in [0.05, 0.1) is 17.2 Å². The predicted octanol–water partition coefficient (Wildman–Crippen LogP) is 4.32. The van der Waals surface area contributed by atoms with Gasteiger partial charge in [0.1, 0.15) is 5.82 Å². The molecule has 0 bridgehead atoms. The maximum Gasteiger partial charge on any atom is 0.252 e. The highest BCUT2D eigenvalue weighted by Gasteiger charge is 2.06. The van der Waals surface area contributed by atoms with E-state index in [2.05, 4.69) is 21.7 Å². The van der Waals surface area contributed by atoms with Gasteiger partial charge in [-0.3, -0.25) is 4.79 Å². The van der Waals surface area contributed by atoms with Crippen molar-refractivity contribution >= 4 is 29.0 Å². The van der Waals surface area contributed by atoms with Gasteiger partial charge in [-0.15, -0.1) is 0 Å². The van der Waals surface area contributed by atoms with Crippen LogP contribution in [0.2, 0.25) is 5.02 Å². The second-order valence-electron chi connectivity index (χ2n) is 5.89. The summed E-state index contributed by atoms with van der Waals surface area (Å²) in [6, 6.07) is 20.2. The van der Waals surface area contributed by atoms with Crippen molar-refractivity contribution in [1.82, 2.24) is 10.3 Å². The monoisotopic (exact) mass is 376 g/mol. The zero-order valence-corrected chi connectivity index (χ0v) is 15.2.